The Labute approximate surface area is 418 Å². The van der Waals surface area contributed by atoms with Crippen molar-refractivity contribution < 1.29 is 4.42 Å². The third-order valence-corrected chi connectivity index (χ3v) is 20.9. The molecule has 0 fully saturated rings. The van der Waals surface area contributed by atoms with Crippen LogP contribution >= 0.6 is 0 Å². The van der Waals surface area contributed by atoms with Crippen LogP contribution in [0, 0.1) is 6.92 Å². The number of benzene rings is 5. The molecule has 0 radical (unpaired) electrons. The van der Waals surface area contributed by atoms with Gasteiger partial charge in [-0.1, -0.05) is 159 Å². The number of aryl methyl sites for hydroxylation is 1. The van der Waals surface area contributed by atoms with Crippen molar-refractivity contribution in [2.45, 2.75) is 207 Å². The minimum atomic E-state index is -1.94. The molecule has 5 heteroatoms. The summed E-state index contributed by atoms with van der Waals surface area (Å²) in [5, 5.41) is 2.72. The molecule has 11 rings (SSSR count). The normalized spacial score (nSPS) is 20.9. The summed E-state index contributed by atoms with van der Waals surface area (Å²) < 4.78 is 7.74. The lowest BCUT2D eigenvalue weighted by Crippen LogP contribution is -2.62. The molecule has 0 spiro atoms. The molecule has 2 aliphatic heterocycles. The van der Waals surface area contributed by atoms with E-state index in [1.54, 1.807) is 0 Å². The number of fused-ring (bicyclic) bond motifs is 10. The summed E-state index contributed by atoms with van der Waals surface area (Å²) in [6.07, 6.45) is 7.03. The molecule has 0 saturated carbocycles. The zero-order valence-electron chi connectivity index (χ0n) is 46.1. The van der Waals surface area contributed by atoms with Gasteiger partial charge in [0.05, 0.1) is 19.4 Å². The van der Waals surface area contributed by atoms with E-state index < -0.39 is 8.07 Å². The van der Waals surface area contributed by atoms with E-state index >= 15 is 0 Å². The monoisotopic (exact) mass is 933 g/mol. The van der Waals surface area contributed by atoms with E-state index in [-0.39, 0.29) is 44.6 Å². The molecule has 0 N–H and O–H groups in total. The van der Waals surface area contributed by atoms with Gasteiger partial charge >= 0.3 is 0 Å². The summed E-state index contributed by atoms with van der Waals surface area (Å²) in [6, 6.07) is 30.4. The standard InChI is InChI=1S/C64H81BN2OSi/c1-38-32-39(58(2,3)4)20-25-49(38)67-51-35-41(69(17,18)19)34-50-54(51)65(57-55(67)42-36-46-47(37-52(42)68-57)63(13,14)29-28-62(46,11)12)48-24-23-44-53(64(15,16)31-30-60(44,7)8)56(48)66(50)40-21-22-43-45(33-40)61(9,10)27-26-59(43,5)6/h20-25,32-37H,26-31H2,1-19H3. The molecule has 0 unspecified atom stereocenters. The van der Waals surface area contributed by atoms with Crippen molar-refractivity contribution in [2.75, 3.05) is 9.80 Å². The van der Waals surface area contributed by atoms with Crippen LogP contribution in [-0.4, -0.2) is 14.8 Å². The molecule has 0 amide bonds. The fourth-order valence-electron chi connectivity index (χ4n) is 13.8. The summed E-state index contributed by atoms with van der Waals surface area (Å²) in [4.78, 5) is 5.47. The Morgan fingerprint density at radius 3 is 1.62 bits per heavy atom. The molecule has 3 heterocycles. The van der Waals surface area contributed by atoms with Gasteiger partial charge in [-0.05, 0) is 181 Å². The lowest BCUT2D eigenvalue weighted by molar-refractivity contribution is 0.331. The zero-order valence-corrected chi connectivity index (χ0v) is 47.1. The number of hydrogen-bond donors (Lipinski definition) is 0. The first kappa shape index (κ1) is 46.9. The highest BCUT2D eigenvalue weighted by Crippen LogP contribution is 2.56. The zero-order chi connectivity index (χ0) is 49.7. The van der Waals surface area contributed by atoms with Crippen LogP contribution in [0.3, 0.4) is 0 Å². The second-order valence-corrected chi connectivity index (χ2v) is 33.8. The van der Waals surface area contributed by atoms with Crippen LogP contribution in [-0.2, 0) is 37.9 Å². The molecule has 0 atom stereocenters. The topological polar surface area (TPSA) is 19.6 Å². The number of hydrogen-bond acceptors (Lipinski definition) is 3. The molecule has 0 bridgehead atoms. The van der Waals surface area contributed by atoms with Crippen LogP contribution in [0.2, 0.25) is 19.6 Å². The summed E-state index contributed by atoms with van der Waals surface area (Å²) in [7, 11) is -1.94. The third kappa shape index (κ3) is 6.84. The van der Waals surface area contributed by atoms with Gasteiger partial charge in [0.15, 0.2) is 0 Å². The minimum absolute atomic E-state index is 0.0303. The van der Waals surface area contributed by atoms with Crippen molar-refractivity contribution >= 4 is 81.7 Å². The van der Waals surface area contributed by atoms with E-state index in [9.17, 15) is 0 Å². The Bertz CT molecular complexity index is 3180. The van der Waals surface area contributed by atoms with Crippen molar-refractivity contribution in [3.63, 3.8) is 0 Å². The molecule has 5 aliphatic rings. The number of nitrogens with zero attached hydrogens (tertiary/aromatic N) is 2. The molecule has 3 nitrogen and oxygen atoms in total. The minimum Gasteiger partial charge on any atom is -0.468 e. The van der Waals surface area contributed by atoms with Crippen molar-refractivity contribution in [1.29, 1.82) is 0 Å². The highest BCUT2D eigenvalue weighted by molar-refractivity contribution is 7.00. The van der Waals surface area contributed by atoms with Crippen LogP contribution < -0.4 is 31.6 Å². The quantitative estimate of drug-likeness (QED) is 0.165. The lowest BCUT2D eigenvalue weighted by atomic mass is 9.35. The molecule has 6 aromatic rings. The van der Waals surface area contributed by atoms with Crippen LogP contribution in [0.5, 0.6) is 0 Å². The van der Waals surface area contributed by atoms with Crippen LogP contribution in [0.4, 0.5) is 34.1 Å². The highest BCUT2D eigenvalue weighted by Gasteiger charge is 2.52. The Hall–Kier alpha value is -4.48. The fourth-order valence-corrected chi connectivity index (χ4v) is 14.9. The Kier molecular flexibility index (Phi) is 9.75. The van der Waals surface area contributed by atoms with Crippen molar-refractivity contribution in [3.8, 4) is 0 Å². The van der Waals surface area contributed by atoms with Gasteiger partial charge in [-0.15, -0.1) is 0 Å². The van der Waals surface area contributed by atoms with E-state index in [0.29, 0.717) is 0 Å². The molecule has 0 saturated heterocycles. The van der Waals surface area contributed by atoms with Crippen LogP contribution in [0.15, 0.2) is 77.2 Å². The largest absolute Gasteiger partial charge is 0.468 e. The van der Waals surface area contributed by atoms with Gasteiger partial charge in [0.25, 0.3) is 6.71 Å². The molecular formula is C64H81BN2OSi. The van der Waals surface area contributed by atoms with E-state index in [0.717, 1.165) is 17.7 Å². The first-order valence-corrected chi connectivity index (χ1v) is 30.2. The molecular weight excluding hydrogens is 852 g/mol. The third-order valence-electron chi connectivity index (χ3n) is 18.8. The maximum absolute atomic E-state index is 7.74. The maximum atomic E-state index is 7.74. The van der Waals surface area contributed by atoms with Gasteiger partial charge in [-0.3, -0.25) is 0 Å². The predicted octanol–water partition coefficient (Wildman–Crippen LogP) is 15.7. The summed E-state index contributed by atoms with van der Waals surface area (Å²) >= 11 is 0. The number of anilines is 6. The van der Waals surface area contributed by atoms with Gasteiger partial charge in [0.2, 0.25) is 0 Å². The van der Waals surface area contributed by atoms with Gasteiger partial charge in [0.1, 0.15) is 5.58 Å². The molecule has 69 heavy (non-hydrogen) atoms. The van der Waals surface area contributed by atoms with E-state index in [1.165, 1.54) is 132 Å². The Balaban J connectivity index is 1.32. The molecule has 360 valence electrons. The molecule has 5 aromatic carbocycles. The Morgan fingerprint density at radius 2 is 1.04 bits per heavy atom. The highest BCUT2D eigenvalue weighted by atomic mass is 28.3. The lowest BCUT2D eigenvalue weighted by Gasteiger charge is -2.49. The summed E-state index contributed by atoms with van der Waals surface area (Å²) in [5.74, 6) is 0. The van der Waals surface area contributed by atoms with Crippen LogP contribution in [0.25, 0.3) is 11.0 Å². The Morgan fingerprint density at radius 1 is 0.522 bits per heavy atom. The average molecular weight is 933 g/mol. The van der Waals surface area contributed by atoms with Crippen molar-refractivity contribution in [1.82, 2.24) is 0 Å². The second kappa shape index (κ2) is 14.4. The van der Waals surface area contributed by atoms with Gasteiger partial charge in [-0.2, -0.15) is 0 Å². The van der Waals surface area contributed by atoms with Gasteiger partial charge < -0.3 is 14.2 Å². The van der Waals surface area contributed by atoms with Gasteiger partial charge in [0, 0.05) is 33.8 Å². The summed E-state index contributed by atoms with van der Waals surface area (Å²) in [6.45, 7) is 46.7. The van der Waals surface area contributed by atoms with E-state index in [1.807, 2.05) is 0 Å². The average Bonchev–Trinajstić information content (AvgIpc) is 3.62. The first-order valence-electron chi connectivity index (χ1n) is 26.7. The first-order chi connectivity index (χ1) is 31.8. The fraction of sp³-hybridized carbons (Fsp3) is 0.500. The smallest absolute Gasteiger partial charge is 0.297 e. The second-order valence-electron chi connectivity index (χ2n) is 28.7. The predicted molar refractivity (Wildman–Crippen MR) is 303 cm³/mol. The maximum Gasteiger partial charge on any atom is 0.297 e. The van der Waals surface area contributed by atoms with E-state index in [4.69, 9.17) is 4.42 Å². The molecule has 1 aromatic heterocycles. The van der Waals surface area contributed by atoms with Gasteiger partial charge in [-0.25, -0.2) is 0 Å². The number of furan rings is 1. The van der Waals surface area contributed by atoms with Crippen molar-refractivity contribution in [2.24, 2.45) is 0 Å². The van der Waals surface area contributed by atoms with E-state index in [2.05, 4.69) is 213 Å². The number of rotatable bonds is 3. The SMILES string of the molecule is Cc1cc(C(C)(C)C)ccc1N1c2cc([Si](C)(C)C)cc3c2B(c2ccc4c(c2N3c2ccc3c(c2)C(C)(C)CCC3(C)C)C(C)(C)CCC4(C)C)c2oc3cc4c(cc3c21)C(C)(C)CCC4(C)C. The molecule has 3 aliphatic carbocycles. The summed E-state index contributed by atoms with van der Waals surface area (Å²) in [5.41, 5.74) is 24.5. The van der Waals surface area contributed by atoms with Crippen LogP contribution in [0.1, 0.15) is 187 Å². The van der Waals surface area contributed by atoms with Crippen molar-refractivity contribution in [3.05, 3.63) is 117 Å².